The molecular weight excluding hydrogens is 480 g/mol. The average Bonchev–Trinajstić information content (AvgIpc) is 3.33. The number of nitrogens with zero attached hydrogens (tertiary/aromatic N) is 5. The number of rotatable bonds is 6. The van der Waals surface area contributed by atoms with Gasteiger partial charge in [-0.2, -0.15) is 4.99 Å². The highest BCUT2D eigenvalue weighted by Gasteiger charge is 2.26. The molecule has 1 aliphatic rings. The number of imidazole rings is 1. The van der Waals surface area contributed by atoms with Crippen molar-refractivity contribution >= 4 is 40.1 Å². The Morgan fingerprint density at radius 1 is 1.05 bits per heavy atom. The standard InChI is InChI=1S/C29H30N6O3/c1-19-31-23-9-7-8-20(26(23)32-19)21-12-13-22(27(30-18-36)28(21)38-4)29(37)34(3)24-10-5-6-11-25(24)35-16-14-33(2)15-17-35/h5-13H,14-17H2,1-4H3,(H,31,32). The maximum absolute atomic E-state index is 13.9. The van der Waals surface area contributed by atoms with Crippen LogP contribution in [0.2, 0.25) is 0 Å². The molecule has 9 heteroatoms. The third kappa shape index (κ3) is 4.53. The van der Waals surface area contributed by atoms with Crippen LogP contribution in [0.5, 0.6) is 5.75 Å². The third-order valence-corrected chi connectivity index (χ3v) is 7.04. The maximum atomic E-state index is 13.9. The number of hydrogen-bond donors (Lipinski definition) is 1. The van der Waals surface area contributed by atoms with Crippen LogP contribution >= 0.6 is 0 Å². The number of ether oxygens (including phenoxy) is 1. The molecule has 38 heavy (non-hydrogen) atoms. The van der Waals surface area contributed by atoms with Gasteiger partial charge < -0.3 is 24.4 Å². The van der Waals surface area contributed by atoms with Crippen molar-refractivity contribution in [3.05, 3.63) is 66.0 Å². The number of aliphatic imine (C=N–C) groups is 1. The molecule has 1 saturated heterocycles. The molecule has 2 heterocycles. The predicted molar refractivity (Wildman–Crippen MR) is 149 cm³/mol. The van der Waals surface area contributed by atoms with Crippen LogP contribution < -0.4 is 14.5 Å². The van der Waals surface area contributed by atoms with Gasteiger partial charge in [-0.1, -0.05) is 24.3 Å². The van der Waals surface area contributed by atoms with Crippen molar-refractivity contribution in [2.24, 2.45) is 4.99 Å². The summed E-state index contributed by atoms with van der Waals surface area (Å²) in [4.78, 5) is 43.4. The second-order valence-corrected chi connectivity index (χ2v) is 9.41. The van der Waals surface area contributed by atoms with E-state index in [4.69, 9.17) is 4.74 Å². The number of amides is 1. The van der Waals surface area contributed by atoms with E-state index in [9.17, 15) is 9.59 Å². The lowest BCUT2D eigenvalue weighted by Gasteiger charge is -2.36. The van der Waals surface area contributed by atoms with Crippen LogP contribution in [0.3, 0.4) is 0 Å². The Hall–Kier alpha value is -4.46. The fourth-order valence-corrected chi connectivity index (χ4v) is 5.04. The lowest BCUT2D eigenvalue weighted by atomic mass is 9.98. The van der Waals surface area contributed by atoms with Crippen LogP contribution in [-0.2, 0) is 4.79 Å². The minimum Gasteiger partial charge on any atom is -0.494 e. The van der Waals surface area contributed by atoms with Crippen LogP contribution in [0.15, 0.2) is 59.6 Å². The summed E-state index contributed by atoms with van der Waals surface area (Å²) in [5, 5.41) is 0. The number of piperazine rings is 1. The topological polar surface area (TPSA) is 94.1 Å². The van der Waals surface area contributed by atoms with E-state index in [1.807, 2.05) is 55.5 Å². The van der Waals surface area contributed by atoms with Crippen molar-refractivity contribution < 1.29 is 14.3 Å². The number of hydrogen-bond acceptors (Lipinski definition) is 7. The zero-order valence-corrected chi connectivity index (χ0v) is 22.0. The summed E-state index contributed by atoms with van der Waals surface area (Å²) in [6.07, 6.45) is 1.61. The number of aromatic nitrogens is 2. The van der Waals surface area contributed by atoms with Gasteiger partial charge in [-0.3, -0.25) is 4.79 Å². The number of benzene rings is 3. The number of para-hydroxylation sites is 3. The number of methoxy groups -OCH3 is 1. The first-order valence-corrected chi connectivity index (χ1v) is 12.5. The number of H-pyrrole nitrogens is 1. The Bertz CT molecular complexity index is 1550. The number of fused-ring (bicyclic) bond motifs is 1. The SMILES string of the molecule is COc1c(-c2cccc3[nH]c(C)nc23)ccc(C(=O)N(C)c2ccccc2N2CCN(C)CC2)c1N=C=O. The van der Waals surface area contributed by atoms with Crippen molar-refractivity contribution in [3.63, 3.8) is 0 Å². The Morgan fingerprint density at radius 2 is 1.82 bits per heavy atom. The lowest BCUT2D eigenvalue weighted by molar-refractivity contribution is 0.0993. The number of aromatic amines is 1. The van der Waals surface area contributed by atoms with Crippen molar-refractivity contribution in [2.75, 3.05) is 57.2 Å². The number of anilines is 2. The van der Waals surface area contributed by atoms with E-state index in [1.54, 1.807) is 24.1 Å². The van der Waals surface area contributed by atoms with Gasteiger partial charge in [0.2, 0.25) is 6.08 Å². The van der Waals surface area contributed by atoms with Gasteiger partial charge in [0.1, 0.15) is 11.5 Å². The first-order chi connectivity index (χ1) is 18.4. The summed E-state index contributed by atoms with van der Waals surface area (Å²) in [6, 6.07) is 17.1. The molecule has 0 aliphatic carbocycles. The molecule has 4 aromatic rings. The monoisotopic (exact) mass is 510 g/mol. The van der Waals surface area contributed by atoms with Gasteiger partial charge in [-0.05, 0) is 44.3 Å². The fraction of sp³-hybridized carbons (Fsp3) is 0.276. The highest BCUT2D eigenvalue weighted by Crippen LogP contribution is 2.43. The zero-order chi connectivity index (χ0) is 26.8. The summed E-state index contributed by atoms with van der Waals surface area (Å²) in [7, 11) is 5.34. The number of carbonyl (C=O) groups is 1. The Labute approximate surface area is 221 Å². The number of isocyanates is 1. The van der Waals surface area contributed by atoms with E-state index in [0.717, 1.165) is 60.0 Å². The second-order valence-electron chi connectivity index (χ2n) is 9.41. The van der Waals surface area contributed by atoms with Crippen LogP contribution in [0.4, 0.5) is 17.1 Å². The summed E-state index contributed by atoms with van der Waals surface area (Å²) >= 11 is 0. The van der Waals surface area contributed by atoms with Gasteiger partial charge in [0.25, 0.3) is 5.91 Å². The Morgan fingerprint density at radius 3 is 2.55 bits per heavy atom. The molecule has 1 N–H and O–H groups in total. The summed E-state index contributed by atoms with van der Waals surface area (Å²) in [5.74, 6) is 0.789. The van der Waals surface area contributed by atoms with Gasteiger partial charge in [0.05, 0.1) is 35.1 Å². The molecular formula is C29H30N6O3. The van der Waals surface area contributed by atoms with Crippen LogP contribution in [-0.4, -0.2) is 74.2 Å². The molecule has 5 rings (SSSR count). The molecule has 1 aromatic heterocycles. The predicted octanol–water partition coefficient (Wildman–Crippen LogP) is 4.54. The molecule has 0 unspecified atom stereocenters. The molecule has 0 saturated carbocycles. The van der Waals surface area contributed by atoms with Crippen LogP contribution in [0.1, 0.15) is 16.2 Å². The van der Waals surface area contributed by atoms with E-state index in [1.165, 1.54) is 7.11 Å². The minimum atomic E-state index is -0.306. The van der Waals surface area contributed by atoms with Gasteiger partial charge in [0.15, 0.2) is 5.75 Å². The first-order valence-electron chi connectivity index (χ1n) is 12.5. The Kier molecular flexibility index (Phi) is 6.96. The molecule has 9 nitrogen and oxygen atoms in total. The molecule has 0 bridgehead atoms. The van der Waals surface area contributed by atoms with Crippen molar-refractivity contribution in [1.82, 2.24) is 14.9 Å². The molecule has 1 amide bonds. The van der Waals surface area contributed by atoms with Gasteiger partial charge in [0, 0.05) is 44.4 Å². The Balaban J connectivity index is 1.58. The number of carbonyl (C=O) groups excluding carboxylic acids is 2. The molecule has 0 radical (unpaired) electrons. The van der Waals surface area contributed by atoms with E-state index in [2.05, 4.69) is 31.8 Å². The molecule has 1 aliphatic heterocycles. The molecule has 0 spiro atoms. The largest absolute Gasteiger partial charge is 0.494 e. The summed E-state index contributed by atoms with van der Waals surface area (Å²) < 4.78 is 5.75. The minimum absolute atomic E-state index is 0.137. The highest BCUT2D eigenvalue weighted by atomic mass is 16.5. The van der Waals surface area contributed by atoms with E-state index >= 15 is 0 Å². The third-order valence-electron chi connectivity index (χ3n) is 7.04. The average molecular weight is 511 g/mol. The van der Waals surface area contributed by atoms with Gasteiger partial charge in [-0.15, -0.1) is 0 Å². The van der Waals surface area contributed by atoms with Gasteiger partial charge >= 0.3 is 0 Å². The normalized spacial score (nSPS) is 13.8. The second kappa shape index (κ2) is 10.5. The molecule has 3 aromatic carbocycles. The number of likely N-dealkylation sites (N-methyl/N-ethyl adjacent to an activating group) is 1. The first kappa shape index (κ1) is 25.2. The maximum Gasteiger partial charge on any atom is 0.260 e. The van der Waals surface area contributed by atoms with E-state index in [0.29, 0.717) is 11.3 Å². The van der Waals surface area contributed by atoms with E-state index < -0.39 is 0 Å². The van der Waals surface area contributed by atoms with Gasteiger partial charge in [-0.25, -0.2) is 9.78 Å². The summed E-state index contributed by atoms with van der Waals surface area (Å²) in [5.41, 5.74) is 5.27. The molecule has 0 atom stereocenters. The number of aryl methyl sites for hydroxylation is 1. The molecule has 194 valence electrons. The van der Waals surface area contributed by atoms with E-state index in [-0.39, 0.29) is 17.2 Å². The lowest BCUT2D eigenvalue weighted by Crippen LogP contribution is -2.45. The summed E-state index contributed by atoms with van der Waals surface area (Å²) in [6.45, 7) is 5.53. The smallest absolute Gasteiger partial charge is 0.260 e. The zero-order valence-electron chi connectivity index (χ0n) is 22.0. The quantitative estimate of drug-likeness (QED) is 0.302. The van der Waals surface area contributed by atoms with Crippen molar-refractivity contribution in [2.45, 2.75) is 6.92 Å². The van der Waals surface area contributed by atoms with Crippen molar-refractivity contribution in [3.8, 4) is 16.9 Å². The van der Waals surface area contributed by atoms with Crippen molar-refractivity contribution in [1.29, 1.82) is 0 Å². The fourth-order valence-electron chi connectivity index (χ4n) is 5.04. The number of nitrogens with one attached hydrogen (secondary N) is 1. The highest BCUT2D eigenvalue weighted by molar-refractivity contribution is 6.12. The molecule has 1 fully saturated rings. The van der Waals surface area contributed by atoms with Crippen LogP contribution in [0, 0.1) is 6.92 Å². The van der Waals surface area contributed by atoms with Crippen LogP contribution in [0.25, 0.3) is 22.2 Å².